The molecule has 6 heteroatoms. The molecule has 3 heterocycles. The van der Waals surface area contributed by atoms with E-state index in [1.807, 2.05) is 48.0 Å². The summed E-state index contributed by atoms with van der Waals surface area (Å²) >= 11 is 5.73. The number of halogens is 1. The number of hydrogen-bond donors (Lipinski definition) is 1. The molecule has 0 bridgehead atoms. The molecule has 0 amide bonds. The zero-order chi connectivity index (χ0) is 21.4. The average Bonchev–Trinajstić information content (AvgIpc) is 3.18. The molecule has 30 heavy (non-hydrogen) atoms. The monoisotopic (exact) mass is 422 g/mol. The predicted octanol–water partition coefficient (Wildman–Crippen LogP) is 5.26. The van der Waals surface area contributed by atoms with Crippen LogP contribution in [0.25, 0.3) is 5.69 Å². The smallest absolute Gasteiger partial charge is 0.170 e. The van der Waals surface area contributed by atoms with Gasteiger partial charge < -0.3 is 14.8 Å². The van der Waals surface area contributed by atoms with Crippen LogP contribution in [0.2, 0.25) is 0 Å². The molecule has 4 nitrogen and oxygen atoms in total. The molecule has 1 aliphatic rings. The van der Waals surface area contributed by atoms with Gasteiger partial charge in [0.05, 0.1) is 23.5 Å². The summed E-state index contributed by atoms with van der Waals surface area (Å²) in [4.78, 5) is 6.86. The van der Waals surface area contributed by atoms with E-state index in [-0.39, 0.29) is 17.9 Å². The number of rotatable bonds is 5. The highest BCUT2D eigenvalue weighted by molar-refractivity contribution is 7.80. The fourth-order valence-electron chi connectivity index (χ4n) is 4.42. The van der Waals surface area contributed by atoms with Gasteiger partial charge in [-0.1, -0.05) is 32.0 Å². The minimum atomic E-state index is -0.230. The number of hydrogen-bond acceptors (Lipinski definition) is 2. The third-order valence-electron chi connectivity index (χ3n) is 5.64. The lowest BCUT2D eigenvalue weighted by molar-refractivity contribution is 0.287. The fourth-order valence-corrected chi connectivity index (χ4v) is 4.74. The molecule has 2 unspecified atom stereocenters. The Labute approximate surface area is 182 Å². The van der Waals surface area contributed by atoms with Crippen molar-refractivity contribution in [3.8, 4) is 5.69 Å². The number of nitrogens with one attached hydrogen (secondary N) is 1. The molecule has 0 spiro atoms. The van der Waals surface area contributed by atoms with Gasteiger partial charge in [-0.15, -0.1) is 0 Å². The van der Waals surface area contributed by atoms with E-state index in [0.29, 0.717) is 11.6 Å². The van der Waals surface area contributed by atoms with Crippen molar-refractivity contribution < 1.29 is 4.39 Å². The first kappa shape index (κ1) is 20.5. The van der Waals surface area contributed by atoms with Crippen molar-refractivity contribution >= 4 is 17.3 Å². The van der Waals surface area contributed by atoms with Crippen LogP contribution in [0.15, 0.2) is 54.7 Å². The molecule has 1 fully saturated rings. The lowest BCUT2D eigenvalue weighted by atomic mass is 9.96. The van der Waals surface area contributed by atoms with Gasteiger partial charge in [0, 0.05) is 24.1 Å². The molecule has 0 saturated carbocycles. The average molecular weight is 423 g/mol. The van der Waals surface area contributed by atoms with Gasteiger partial charge in [-0.2, -0.15) is 0 Å². The zero-order valence-electron chi connectivity index (χ0n) is 17.8. The summed E-state index contributed by atoms with van der Waals surface area (Å²) in [6.45, 7) is 9.29. The molecule has 1 aromatic carbocycles. The van der Waals surface area contributed by atoms with Gasteiger partial charge in [0.1, 0.15) is 5.82 Å². The maximum Gasteiger partial charge on any atom is 0.170 e. The first-order chi connectivity index (χ1) is 14.4. The molecule has 0 aliphatic carbocycles. The van der Waals surface area contributed by atoms with Crippen LogP contribution in [-0.2, 0) is 0 Å². The standard InChI is InChI=1S/C24H27FN4S/c1-15(2)14-28-23(22(27-24(28)30)20-10-7-8-12-26-20)18-13-16(3)29(17(18)4)21-11-6-5-9-19(21)25/h5-13,15,22-23H,14H2,1-4H3,(H,27,30). The second-order valence-electron chi connectivity index (χ2n) is 8.29. The summed E-state index contributed by atoms with van der Waals surface area (Å²) < 4.78 is 16.6. The van der Waals surface area contributed by atoms with Crippen molar-refractivity contribution in [2.24, 2.45) is 5.92 Å². The van der Waals surface area contributed by atoms with Gasteiger partial charge in [-0.25, -0.2) is 4.39 Å². The van der Waals surface area contributed by atoms with Crippen molar-refractivity contribution in [1.82, 2.24) is 19.8 Å². The summed E-state index contributed by atoms with van der Waals surface area (Å²) in [5.74, 6) is 0.219. The van der Waals surface area contributed by atoms with Crippen LogP contribution in [0.4, 0.5) is 4.39 Å². The van der Waals surface area contributed by atoms with Crippen LogP contribution in [0.3, 0.4) is 0 Å². The topological polar surface area (TPSA) is 33.1 Å². The van der Waals surface area contributed by atoms with Gasteiger partial charge in [0.2, 0.25) is 0 Å². The molecule has 3 aromatic rings. The van der Waals surface area contributed by atoms with Crippen molar-refractivity contribution in [3.63, 3.8) is 0 Å². The third-order valence-corrected chi connectivity index (χ3v) is 5.99. The number of thiocarbonyl (C=S) groups is 1. The van der Waals surface area contributed by atoms with Crippen LogP contribution < -0.4 is 5.32 Å². The third kappa shape index (κ3) is 3.60. The van der Waals surface area contributed by atoms with E-state index in [2.05, 4.69) is 42.0 Å². The molecule has 1 saturated heterocycles. The van der Waals surface area contributed by atoms with E-state index in [0.717, 1.165) is 34.3 Å². The van der Waals surface area contributed by atoms with Gasteiger partial charge in [0.15, 0.2) is 5.11 Å². The van der Waals surface area contributed by atoms with E-state index in [1.165, 1.54) is 6.07 Å². The molecule has 4 rings (SSSR count). The van der Waals surface area contributed by atoms with Gasteiger partial charge in [0.25, 0.3) is 0 Å². The molecular weight excluding hydrogens is 395 g/mol. The van der Waals surface area contributed by atoms with Crippen LogP contribution in [-0.4, -0.2) is 26.1 Å². The number of aromatic nitrogens is 2. The molecule has 1 aliphatic heterocycles. The highest BCUT2D eigenvalue weighted by Gasteiger charge is 2.41. The van der Waals surface area contributed by atoms with Crippen LogP contribution in [0.1, 0.15) is 48.6 Å². The van der Waals surface area contributed by atoms with Crippen molar-refractivity contribution in [2.75, 3.05) is 6.54 Å². The summed E-state index contributed by atoms with van der Waals surface area (Å²) in [6.07, 6.45) is 1.81. The second-order valence-corrected chi connectivity index (χ2v) is 8.67. The van der Waals surface area contributed by atoms with Gasteiger partial charge in [-0.05, 0) is 67.9 Å². The van der Waals surface area contributed by atoms with Crippen LogP contribution in [0, 0.1) is 25.6 Å². The Hall–Kier alpha value is -2.73. The number of pyridine rings is 1. The largest absolute Gasteiger partial charge is 0.352 e. The summed E-state index contributed by atoms with van der Waals surface area (Å²) in [5.41, 5.74) is 4.67. The second kappa shape index (κ2) is 8.19. The Bertz CT molecular complexity index is 1060. The molecule has 2 atom stereocenters. The van der Waals surface area contributed by atoms with Crippen LogP contribution >= 0.6 is 12.2 Å². The Morgan fingerprint density at radius 2 is 1.87 bits per heavy atom. The maximum atomic E-state index is 14.6. The molecule has 1 N–H and O–H groups in total. The SMILES string of the molecule is Cc1cc(C2C(c3ccccn3)NC(=S)N2CC(C)C)c(C)n1-c1ccccc1F. The van der Waals surface area contributed by atoms with Crippen molar-refractivity contribution in [2.45, 2.75) is 39.8 Å². The van der Waals surface area contributed by atoms with Crippen molar-refractivity contribution in [3.05, 3.63) is 83.2 Å². The number of benzene rings is 1. The minimum absolute atomic E-state index is 0.0125. The normalized spacial score (nSPS) is 18.9. The molecular formula is C24H27FN4S. The van der Waals surface area contributed by atoms with Crippen LogP contribution in [0.5, 0.6) is 0 Å². The number of para-hydroxylation sites is 1. The van der Waals surface area contributed by atoms with E-state index in [1.54, 1.807) is 6.07 Å². The highest BCUT2D eigenvalue weighted by Crippen LogP contribution is 2.41. The van der Waals surface area contributed by atoms with E-state index >= 15 is 0 Å². The summed E-state index contributed by atoms with van der Waals surface area (Å²) in [6, 6.07) is 14.9. The van der Waals surface area contributed by atoms with E-state index in [9.17, 15) is 4.39 Å². The Morgan fingerprint density at radius 3 is 2.53 bits per heavy atom. The maximum absolute atomic E-state index is 14.6. The van der Waals surface area contributed by atoms with Gasteiger partial charge >= 0.3 is 0 Å². The zero-order valence-corrected chi connectivity index (χ0v) is 18.6. The van der Waals surface area contributed by atoms with Crippen molar-refractivity contribution in [1.29, 1.82) is 0 Å². The first-order valence-electron chi connectivity index (χ1n) is 10.3. The lowest BCUT2D eigenvalue weighted by Gasteiger charge is -2.29. The van der Waals surface area contributed by atoms with E-state index < -0.39 is 0 Å². The Morgan fingerprint density at radius 1 is 1.13 bits per heavy atom. The first-order valence-corrected chi connectivity index (χ1v) is 10.7. The highest BCUT2D eigenvalue weighted by atomic mass is 32.1. The Balaban J connectivity index is 1.85. The summed E-state index contributed by atoms with van der Waals surface area (Å²) in [5, 5.41) is 4.23. The summed E-state index contributed by atoms with van der Waals surface area (Å²) in [7, 11) is 0. The minimum Gasteiger partial charge on any atom is -0.352 e. The Kier molecular flexibility index (Phi) is 5.60. The molecule has 156 valence electrons. The fraction of sp³-hybridized carbons (Fsp3) is 0.333. The van der Waals surface area contributed by atoms with Gasteiger partial charge in [-0.3, -0.25) is 4.98 Å². The molecule has 2 aromatic heterocycles. The van der Waals surface area contributed by atoms with E-state index in [4.69, 9.17) is 12.2 Å². The predicted molar refractivity (Wildman–Crippen MR) is 122 cm³/mol. The quantitative estimate of drug-likeness (QED) is 0.569. The molecule has 0 radical (unpaired) electrons. The lowest BCUT2D eigenvalue weighted by Crippen LogP contribution is -2.33. The number of aryl methyl sites for hydroxylation is 1. The number of nitrogens with zero attached hydrogens (tertiary/aromatic N) is 3.